The lowest BCUT2D eigenvalue weighted by Crippen LogP contribution is -2.56. The van der Waals surface area contributed by atoms with Gasteiger partial charge in [-0.3, -0.25) is 4.79 Å². The van der Waals surface area contributed by atoms with Crippen LogP contribution < -0.4 is 15.0 Å². The first-order valence-corrected chi connectivity index (χ1v) is 9.69. The number of amides is 2. The Kier molecular flexibility index (Phi) is 6.91. The molecule has 2 aromatic rings. The number of nitrogens with zero attached hydrogens (tertiary/aromatic N) is 4. The highest BCUT2D eigenvalue weighted by Gasteiger charge is 2.47. The van der Waals surface area contributed by atoms with Crippen molar-refractivity contribution in [3.63, 3.8) is 0 Å². The molecular weight excluding hydrogens is 402 g/mol. The van der Waals surface area contributed by atoms with E-state index in [-0.39, 0.29) is 36.0 Å². The average molecular weight is 426 g/mol. The van der Waals surface area contributed by atoms with Crippen LogP contribution in [0.1, 0.15) is 33.6 Å². The van der Waals surface area contributed by atoms with Gasteiger partial charge in [-0.05, 0) is 12.5 Å². The third kappa shape index (κ3) is 4.11. The number of ether oxygens (including phenoxy) is 3. The van der Waals surface area contributed by atoms with Crippen molar-refractivity contribution in [2.75, 3.05) is 34.0 Å². The van der Waals surface area contributed by atoms with Crippen LogP contribution in [0.4, 0.5) is 16.4 Å². The molecule has 0 radical (unpaired) electrons. The van der Waals surface area contributed by atoms with E-state index < -0.39 is 10.5 Å². The highest BCUT2D eigenvalue weighted by Crippen LogP contribution is 2.41. The Morgan fingerprint density at radius 1 is 1.32 bits per heavy atom. The van der Waals surface area contributed by atoms with Gasteiger partial charge in [0, 0.05) is 31.8 Å². The van der Waals surface area contributed by atoms with Gasteiger partial charge in [-0.1, -0.05) is 0 Å². The lowest BCUT2D eigenvalue weighted by Gasteiger charge is -2.35. The SMILES string of the molecule is COCCOc1cc([N+]2(C(N)=O)CCCc3cc(COC)c(C=O)nc32)ncc1C#N. The molecular formula is C21H24N5O5+. The maximum atomic E-state index is 12.9. The number of nitrogens with two attached hydrogens (primary N) is 1. The second-order valence-corrected chi connectivity index (χ2v) is 7.03. The van der Waals surface area contributed by atoms with Crippen molar-refractivity contribution in [2.24, 2.45) is 5.73 Å². The number of fused-ring (bicyclic) bond motifs is 1. The molecule has 0 saturated carbocycles. The molecule has 1 atom stereocenters. The minimum atomic E-state index is -0.690. The van der Waals surface area contributed by atoms with E-state index in [1.165, 1.54) is 19.4 Å². The van der Waals surface area contributed by atoms with Crippen LogP contribution in [-0.2, 0) is 22.5 Å². The molecule has 0 aliphatic carbocycles. The molecule has 162 valence electrons. The van der Waals surface area contributed by atoms with Crippen LogP contribution in [0.15, 0.2) is 18.3 Å². The first-order chi connectivity index (χ1) is 15.0. The standard InChI is InChI=1S/C21H23N5O5/c1-29-6-7-31-18-9-19(24-11-16(18)10-22)26(21(23)28)5-3-4-14-8-15(13-30-2)17(12-27)25-20(14)26/h8-9,11-12H,3-7,13H2,1-2H3,(H-,23,28)/p+1. The number of rotatable bonds is 8. The molecule has 0 spiro atoms. The van der Waals surface area contributed by atoms with Crippen molar-refractivity contribution in [1.29, 1.82) is 5.26 Å². The molecule has 0 bridgehead atoms. The third-order valence-corrected chi connectivity index (χ3v) is 5.19. The molecule has 0 saturated heterocycles. The summed E-state index contributed by atoms with van der Waals surface area (Å²) >= 11 is 0. The van der Waals surface area contributed by atoms with Gasteiger partial charge >= 0.3 is 6.03 Å². The molecule has 2 N–H and O–H groups in total. The number of methoxy groups -OCH3 is 2. The fraction of sp³-hybridized carbons (Fsp3) is 0.381. The molecule has 3 heterocycles. The predicted octanol–water partition coefficient (Wildman–Crippen LogP) is 2.00. The summed E-state index contributed by atoms with van der Waals surface area (Å²) in [7, 11) is 3.07. The number of aromatic nitrogens is 2. The smallest absolute Gasteiger partial charge is 0.426 e. The summed E-state index contributed by atoms with van der Waals surface area (Å²) in [6.07, 6.45) is 3.28. The summed E-state index contributed by atoms with van der Waals surface area (Å²) < 4.78 is 15.3. The van der Waals surface area contributed by atoms with Crippen LogP contribution in [0, 0.1) is 11.3 Å². The zero-order valence-corrected chi connectivity index (χ0v) is 17.5. The summed E-state index contributed by atoms with van der Waals surface area (Å²) in [6.45, 7) is 1.08. The predicted molar refractivity (Wildman–Crippen MR) is 111 cm³/mol. The molecule has 0 fully saturated rings. The summed E-state index contributed by atoms with van der Waals surface area (Å²) in [5.74, 6) is 0.881. The van der Waals surface area contributed by atoms with Crippen LogP contribution in [0.2, 0.25) is 0 Å². The molecule has 1 unspecified atom stereocenters. The Morgan fingerprint density at radius 2 is 2.13 bits per heavy atom. The molecule has 2 amide bonds. The molecule has 1 aliphatic heterocycles. The number of primary amides is 1. The van der Waals surface area contributed by atoms with E-state index in [4.69, 9.17) is 19.9 Å². The van der Waals surface area contributed by atoms with Crippen molar-refractivity contribution in [2.45, 2.75) is 19.4 Å². The number of carbonyl (C=O) groups is 2. The molecule has 3 rings (SSSR count). The Morgan fingerprint density at radius 3 is 2.77 bits per heavy atom. The summed E-state index contributed by atoms with van der Waals surface area (Å²) in [5.41, 5.74) is 7.71. The van der Waals surface area contributed by atoms with Gasteiger partial charge in [0.15, 0.2) is 6.29 Å². The Hall–Kier alpha value is -3.39. The number of aldehydes is 1. The maximum absolute atomic E-state index is 12.9. The number of aryl methyl sites for hydroxylation is 1. The van der Waals surface area contributed by atoms with E-state index in [2.05, 4.69) is 9.97 Å². The van der Waals surface area contributed by atoms with E-state index in [0.29, 0.717) is 43.7 Å². The maximum Gasteiger partial charge on any atom is 0.426 e. The van der Waals surface area contributed by atoms with Gasteiger partial charge in [0.25, 0.3) is 0 Å². The van der Waals surface area contributed by atoms with Crippen LogP contribution in [-0.4, -0.2) is 56.3 Å². The van der Waals surface area contributed by atoms with Gasteiger partial charge in [0.2, 0.25) is 11.6 Å². The van der Waals surface area contributed by atoms with Gasteiger partial charge in [0.1, 0.15) is 36.2 Å². The molecule has 0 aromatic carbocycles. The topological polar surface area (TPSA) is 137 Å². The van der Waals surface area contributed by atoms with Crippen molar-refractivity contribution in [3.05, 3.63) is 40.7 Å². The minimum absolute atomic E-state index is 0.177. The Labute approximate surface area is 179 Å². The van der Waals surface area contributed by atoms with Gasteiger partial charge < -0.3 is 19.9 Å². The fourth-order valence-corrected chi connectivity index (χ4v) is 3.73. The van der Waals surface area contributed by atoms with Crippen LogP contribution in [0.25, 0.3) is 0 Å². The fourth-order valence-electron chi connectivity index (χ4n) is 3.73. The molecule has 10 nitrogen and oxygen atoms in total. The van der Waals surface area contributed by atoms with Crippen molar-refractivity contribution in [1.82, 2.24) is 14.5 Å². The molecule has 31 heavy (non-hydrogen) atoms. The number of carbonyl (C=O) groups excluding carboxylic acids is 2. The quantitative estimate of drug-likeness (QED) is 0.384. The second kappa shape index (κ2) is 9.61. The lowest BCUT2D eigenvalue weighted by atomic mass is 9.99. The van der Waals surface area contributed by atoms with Crippen molar-refractivity contribution < 1.29 is 23.8 Å². The monoisotopic (exact) mass is 426 g/mol. The highest BCUT2D eigenvalue weighted by molar-refractivity contribution is 5.93. The lowest BCUT2D eigenvalue weighted by molar-refractivity contribution is 0.111. The Bertz CT molecular complexity index is 1040. The number of nitriles is 1. The van der Waals surface area contributed by atoms with Gasteiger partial charge in [-0.25, -0.2) is 9.78 Å². The van der Waals surface area contributed by atoms with E-state index in [0.717, 1.165) is 5.56 Å². The highest BCUT2D eigenvalue weighted by atomic mass is 16.5. The van der Waals surface area contributed by atoms with Gasteiger partial charge in [0.05, 0.1) is 25.5 Å². The number of hydrogen-bond acceptors (Lipinski definition) is 8. The van der Waals surface area contributed by atoms with Crippen LogP contribution in [0.3, 0.4) is 0 Å². The molecule has 10 heteroatoms. The van der Waals surface area contributed by atoms with E-state index in [1.807, 2.05) is 12.1 Å². The van der Waals surface area contributed by atoms with Gasteiger partial charge in [-0.2, -0.15) is 10.2 Å². The Balaban J connectivity index is 2.19. The summed E-state index contributed by atoms with van der Waals surface area (Å²) in [4.78, 5) is 33.4. The zero-order chi connectivity index (χ0) is 22.4. The zero-order valence-electron chi connectivity index (χ0n) is 17.5. The third-order valence-electron chi connectivity index (χ3n) is 5.19. The number of urea groups is 1. The number of hydrogen-bond donors (Lipinski definition) is 1. The van der Waals surface area contributed by atoms with E-state index >= 15 is 0 Å². The second-order valence-electron chi connectivity index (χ2n) is 7.03. The minimum Gasteiger partial charge on any atom is -0.489 e. The normalized spacial score (nSPS) is 17.5. The average Bonchev–Trinajstić information content (AvgIpc) is 2.78. The number of pyridine rings is 2. The van der Waals surface area contributed by atoms with E-state index in [1.54, 1.807) is 7.11 Å². The van der Waals surface area contributed by atoms with Gasteiger partial charge in [-0.15, -0.1) is 4.48 Å². The summed E-state index contributed by atoms with van der Waals surface area (Å²) in [6, 6.07) is 4.69. The first-order valence-electron chi connectivity index (χ1n) is 9.69. The number of quaternary nitrogens is 1. The van der Waals surface area contributed by atoms with Crippen LogP contribution in [0.5, 0.6) is 5.75 Å². The largest absolute Gasteiger partial charge is 0.489 e. The van der Waals surface area contributed by atoms with E-state index in [9.17, 15) is 14.9 Å². The van der Waals surface area contributed by atoms with Crippen molar-refractivity contribution in [3.8, 4) is 11.8 Å². The van der Waals surface area contributed by atoms with Crippen molar-refractivity contribution >= 4 is 24.0 Å². The molecule has 1 aliphatic rings. The molecule has 2 aromatic heterocycles. The summed E-state index contributed by atoms with van der Waals surface area (Å²) in [5, 5.41) is 9.40. The first kappa shape index (κ1) is 22.3. The van der Waals surface area contributed by atoms with Crippen LogP contribution >= 0.6 is 0 Å².